The molecule has 162 valence electrons. The lowest BCUT2D eigenvalue weighted by Gasteiger charge is -2.22. The quantitative estimate of drug-likeness (QED) is 0.633. The van der Waals surface area contributed by atoms with E-state index in [1.54, 1.807) is 18.3 Å². The van der Waals surface area contributed by atoms with E-state index in [0.717, 1.165) is 49.8 Å². The van der Waals surface area contributed by atoms with Gasteiger partial charge in [-0.3, -0.25) is 4.79 Å². The maximum Gasteiger partial charge on any atom is 0.268 e. The molecule has 1 saturated heterocycles. The lowest BCUT2D eigenvalue weighted by atomic mass is 10.0. The van der Waals surface area contributed by atoms with Crippen LogP contribution in [0.1, 0.15) is 47.5 Å². The number of nitrogens with zero attached hydrogens (tertiary/aromatic N) is 1. The van der Waals surface area contributed by atoms with Crippen molar-refractivity contribution >= 4 is 26.8 Å². The Morgan fingerprint density at radius 1 is 1.00 bits per heavy atom. The van der Waals surface area contributed by atoms with E-state index in [1.165, 1.54) is 16.1 Å². The highest BCUT2D eigenvalue weighted by Gasteiger charge is 2.30. The van der Waals surface area contributed by atoms with Gasteiger partial charge in [0, 0.05) is 36.9 Å². The summed E-state index contributed by atoms with van der Waals surface area (Å²) >= 11 is 0. The second kappa shape index (κ2) is 8.13. The summed E-state index contributed by atoms with van der Waals surface area (Å²) in [6, 6.07) is 13.8. The minimum atomic E-state index is -3.75. The zero-order chi connectivity index (χ0) is 21.4. The van der Waals surface area contributed by atoms with Gasteiger partial charge in [0.25, 0.3) is 15.9 Å². The van der Waals surface area contributed by atoms with E-state index in [9.17, 15) is 13.2 Å². The van der Waals surface area contributed by atoms with Gasteiger partial charge in [-0.05, 0) is 73.4 Å². The van der Waals surface area contributed by atoms with E-state index >= 15 is 0 Å². The van der Waals surface area contributed by atoms with Gasteiger partial charge in [-0.25, -0.2) is 12.4 Å². The Bertz CT molecular complexity index is 1200. The molecule has 0 spiro atoms. The summed E-state index contributed by atoms with van der Waals surface area (Å²) in [7, 11) is -3.75. The maximum atomic E-state index is 13.4. The fraction of sp³-hybridized carbons (Fsp3) is 0.375. The monoisotopic (exact) mass is 438 g/mol. The largest absolute Gasteiger partial charge is 0.381 e. The number of fused-ring (bicyclic) bond motifs is 1. The first-order valence-corrected chi connectivity index (χ1v) is 12.3. The molecule has 31 heavy (non-hydrogen) atoms. The number of para-hydroxylation sites is 1. The smallest absolute Gasteiger partial charge is 0.268 e. The molecule has 1 amide bonds. The highest BCUT2D eigenvalue weighted by molar-refractivity contribution is 7.90. The van der Waals surface area contributed by atoms with Crippen molar-refractivity contribution < 1.29 is 17.9 Å². The Hall–Kier alpha value is -2.64. The summed E-state index contributed by atoms with van der Waals surface area (Å²) < 4.78 is 33.5. The molecule has 6 nitrogen and oxygen atoms in total. The molecular weight excluding hydrogens is 412 g/mol. The number of hydrogen-bond acceptors (Lipinski definition) is 4. The van der Waals surface area contributed by atoms with Gasteiger partial charge in [0.2, 0.25) is 0 Å². The first-order chi connectivity index (χ1) is 15.0. The average Bonchev–Trinajstić information content (AvgIpc) is 3.57. The summed E-state index contributed by atoms with van der Waals surface area (Å²) in [4.78, 5) is 12.7. The van der Waals surface area contributed by atoms with Gasteiger partial charge in [-0.2, -0.15) is 0 Å². The van der Waals surface area contributed by atoms with E-state index in [2.05, 4.69) is 5.32 Å². The van der Waals surface area contributed by atoms with Crippen molar-refractivity contribution in [2.45, 2.75) is 36.5 Å². The normalized spacial score (nSPS) is 17.7. The van der Waals surface area contributed by atoms with Crippen LogP contribution < -0.4 is 5.32 Å². The predicted molar refractivity (Wildman–Crippen MR) is 119 cm³/mol. The van der Waals surface area contributed by atoms with Crippen molar-refractivity contribution in [3.63, 3.8) is 0 Å². The van der Waals surface area contributed by atoms with E-state index in [0.29, 0.717) is 29.5 Å². The molecule has 0 unspecified atom stereocenters. The number of carbonyl (C=O) groups excluding carboxylic acids is 1. The van der Waals surface area contributed by atoms with Crippen molar-refractivity contribution in [1.82, 2.24) is 9.29 Å². The Balaban J connectivity index is 1.37. The van der Waals surface area contributed by atoms with Crippen LogP contribution in [-0.2, 0) is 14.8 Å². The van der Waals surface area contributed by atoms with Gasteiger partial charge in [0.1, 0.15) is 0 Å². The van der Waals surface area contributed by atoms with Crippen LogP contribution in [0.3, 0.4) is 0 Å². The topological polar surface area (TPSA) is 77.4 Å². The highest BCUT2D eigenvalue weighted by Crippen LogP contribution is 2.44. The Morgan fingerprint density at radius 2 is 1.71 bits per heavy atom. The Labute approximate surface area is 182 Å². The molecule has 5 rings (SSSR count). The number of aromatic nitrogens is 1. The first-order valence-electron chi connectivity index (χ1n) is 10.9. The lowest BCUT2D eigenvalue weighted by molar-refractivity contribution is 0.0642. The van der Waals surface area contributed by atoms with E-state index in [1.807, 2.05) is 24.3 Å². The van der Waals surface area contributed by atoms with Crippen molar-refractivity contribution in [1.29, 1.82) is 0 Å². The molecule has 1 aliphatic heterocycles. The highest BCUT2D eigenvalue weighted by atomic mass is 32.2. The summed E-state index contributed by atoms with van der Waals surface area (Å²) in [5, 5.41) is 3.95. The molecule has 0 bridgehead atoms. The van der Waals surface area contributed by atoms with Crippen molar-refractivity contribution in [3.8, 4) is 0 Å². The molecule has 1 saturated carbocycles. The number of carbonyl (C=O) groups is 1. The van der Waals surface area contributed by atoms with E-state index < -0.39 is 10.0 Å². The van der Waals surface area contributed by atoms with Crippen molar-refractivity contribution in [2.75, 3.05) is 19.8 Å². The second-order valence-corrected chi connectivity index (χ2v) is 10.3. The fourth-order valence-corrected chi connectivity index (χ4v) is 5.65. The van der Waals surface area contributed by atoms with Crippen molar-refractivity contribution in [2.24, 2.45) is 5.92 Å². The van der Waals surface area contributed by atoms with Crippen LogP contribution in [-0.4, -0.2) is 38.1 Å². The number of benzene rings is 2. The zero-order valence-electron chi connectivity index (χ0n) is 17.3. The summed E-state index contributed by atoms with van der Waals surface area (Å²) in [5.74, 6) is 0.695. The third-order valence-corrected chi connectivity index (χ3v) is 7.98. The fourth-order valence-electron chi connectivity index (χ4n) is 4.28. The summed E-state index contributed by atoms with van der Waals surface area (Å²) in [5.41, 5.74) is 2.26. The van der Waals surface area contributed by atoms with Crippen molar-refractivity contribution in [3.05, 3.63) is 65.9 Å². The Morgan fingerprint density at radius 3 is 2.42 bits per heavy atom. The van der Waals surface area contributed by atoms with Gasteiger partial charge in [0.15, 0.2) is 0 Å². The molecule has 1 aliphatic carbocycles. The number of rotatable bonds is 6. The molecule has 0 atom stereocenters. The molecule has 2 aliphatic rings. The third-order valence-electron chi connectivity index (χ3n) is 6.29. The predicted octanol–water partition coefficient (Wildman–Crippen LogP) is 3.91. The zero-order valence-corrected chi connectivity index (χ0v) is 18.1. The van der Waals surface area contributed by atoms with E-state index in [-0.39, 0.29) is 10.8 Å². The van der Waals surface area contributed by atoms with Gasteiger partial charge in [0.05, 0.1) is 10.4 Å². The van der Waals surface area contributed by atoms with Crippen LogP contribution in [0.2, 0.25) is 0 Å². The van der Waals surface area contributed by atoms with Crippen LogP contribution in [0.25, 0.3) is 10.9 Å². The minimum absolute atomic E-state index is 0.177. The second-order valence-electron chi connectivity index (χ2n) is 8.47. The lowest BCUT2D eigenvalue weighted by Crippen LogP contribution is -2.32. The van der Waals surface area contributed by atoms with Crippen LogP contribution >= 0.6 is 0 Å². The standard InChI is InChI=1S/C24H26N2O4S/c27-24(25-15-17-11-13-30-14-12-17)19-7-9-20(10-8-19)31(28,29)26-16-22(18-5-6-18)21-3-1-2-4-23(21)26/h1-4,7-10,16-18H,5-6,11-15H2,(H,25,27). The van der Waals surface area contributed by atoms with Gasteiger partial charge < -0.3 is 10.1 Å². The maximum absolute atomic E-state index is 13.4. The van der Waals surface area contributed by atoms with Crippen LogP contribution in [0, 0.1) is 5.92 Å². The molecule has 7 heteroatoms. The molecule has 2 aromatic carbocycles. The SMILES string of the molecule is O=C(NCC1CCOCC1)c1ccc(S(=O)(=O)n2cc(C3CC3)c3ccccc32)cc1. The molecule has 2 heterocycles. The van der Waals surface area contributed by atoms with Gasteiger partial charge in [-0.1, -0.05) is 18.2 Å². The molecule has 1 N–H and O–H groups in total. The Kier molecular flexibility index (Phi) is 5.32. The third kappa shape index (κ3) is 4.00. The number of amides is 1. The average molecular weight is 439 g/mol. The van der Waals surface area contributed by atoms with Crippen LogP contribution in [0.5, 0.6) is 0 Å². The molecule has 1 aromatic heterocycles. The molecule has 3 aromatic rings. The molecule has 0 radical (unpaired) electrons. The first kappa shape index (κ1) is 20.3. The van der Waals surface area contributed by atoms with E-state index in [4.69, 9.17) is 4.74 Å². The van der Waals surface area contributed by atoms with Crippen LogP contribution in [0.4, 0.5) is 0 Å². The number of nitrogens with one attached hydrogen (secondary N) is 1. The summed E-state index contributed by atoms with van der Waals surface area (Å²) in [6.07, 6.45) is 5.87. The number of hydrogen-bond donors (Lipinski definition) is 1. The van der Waals surface area contributed by atoms with Crippen LogP contribution in [0.15, 0.2) is 59.6 Å². The van der Waals surface area contributed by atoms with Gasteiger partial charge >= 0.3 is 0 Å². The summed E-state index contributed by atoms with van der Waals surface area (Å²) in [6.45, 7) is 2.09. The van der Waals surface area contributed by atoms with Gasteiger partial charge in [-0.15, -0.1) is 0 Å². The molecular formula is C24H26N2O4S. The number of ether oxygens (including phenoxy) is 1. The minimum Gasteiger partial charge on any atom is -0.381 e. The molecule has 2 fully saturated rings.